The van der Waals surface area contributed by atoms with Gasteiger partial charge in [0.05, 0.1) is 15.6 Å². The van der Waals surface area contributed by atoms with E-state index < -0.39 is 10.0 Å². The van der Waals surface area contributed by atoms with Gasteiger partial charge < -0.3 is 10.6 Å². The van der Waals surface area contributed by atoms with Gasteiger partial charge in [-0.15, -0.1) is 0 Å². The van der Waals surface area contributed by atoms with Gasteiger partial charge in [0.25, 0.3) is 10.0 Å². The SMILES string of the molecule is O=C(NCc1ccccc1)Nc1ccc(S(=O)(=O)Nc2ccccc2Cl)cc1. The fourth-order valence-electron chi connectivity index (χ4n) is 2.42. The molecule has 0 aliphatic carbocycles. The van der Waals surface area contributed by atoms with Crippen molar-refractivity contribution in [3.8, 4) is 0 Å². The van der Waals surface area contributed by atoms with Gasteiger partial charge in [0.1, 0.15) is 0 Å². The lowest BCUT2D eigenvalue weighted by Gasteiger charge is -2.11. The van der Waals surface area contributed by atoms with Gasteiger partial charge in [-0.2, -0.15) is 0 Å². The summed E-state index contributed by atoms with van der Waals surface area (Å²) in [4.78, 5) is 12.0. The smallest absolute Gasteiger partial charge is 0.319 e. The number of amides is 2. The summed E-state index contributed by atoms with van der Waals surface area (Å²) in [5, 5.41) is 5.70. The van der Waals surface area contributed by atoms with Gasteiger partial charge in [-0.1, -0.05) is 54.1 Å². The zero-order valence-electron chi connectivity index (χ0n) is 14.7. The molecule has 2 amide bonds. The number of carbonyl (C=O) groups is 1. The Hall–Kier alpha value is -3.03. The number of hydrogen-bond acceptors (Lipinski definition) is 3. The summed E-state index contributed by atoms with van der Waals surface area (Å²) >= 11 is 5.99. The lowest BCUT2D eigenvalue weighted by molar-refractivity contribution is 0.251. The third-order valence-corrected chi connectivity index (χ3v) is 5.55. The molecule has 8 heteroatoms. The highest BCUT2D eigenvalue weighted by Crippen LogP contribution is 2.24. The highest BCUT2D eigenvalue weighted by atomic mass is 35.5. The summed E-state index contributed by atoms with van der Waals surface area (Å²) in [6.45, 7) is 0.390. The highest BCUT2D eigenvalue weighted by Gasteiger charge is 2.15. The van der Waals surface area contributed by atoms with E-state index in [-0.39, 0.29) is 10.9 Å². The van der Waals surface area contributed by atoms with Gasteiger partial charge in [-0.05, 0) is 42.0 Å². The van der Waals surface area contributed by atoms with Crippen molar-refractivity contribution in [1.82, 2.24) is 5.32 Å². The van der Waals surface area contributed by atoms with Crippen LogP contribution in [0, 0.1) is 0 Å². The van der Waals surface area contributed by atoms with Gasteiger partial charge in [0.2, 0.25) is 0 Å². The fourth-order valence-corrected chi connectivity index (χ4v) is 3.74. The third-order valence-electron chi connectivity index (χ3n) is 3.84. The van der Waals surface area contributed by atoms with Gasteiger partial charge in [-0.25, -0.2) is 13.2 Å². The molecule has 3 aromatic rings. The molecule has 0 aliphatic heterocycles. The third kappa shape index (κ3) is 5.25. The normalized spacial score (nSPS) is 10.9. The number of nitrogens with one attached hydrogen (secondary N) is 3. The summed E-state index contributed by atoms with van der Waals surface area (Å²) in [6, 6.07) is 21.5. The Balaban J connectivity index is 1.61. The number of halogens is 1. The first-order valence-electron chi connectivity index (χ1n) is 8.40. The summed E-state index contributed by atoms with van der Waals surface area (Å²) in [5.74, 6) is 0. The molecule has 0 saturated carbocycles. The van der Waals surface area contributed by atoms with E-state index in [1.165, 1.54) is 24.3 Å². The summed E-state index contributed by atoms with van der Waals surface area (Å²) < 4.78 is 27.4. The Kier molecular flexibility index (Phi) is 6.18. The lowest BCUT2D eigenvalue weighted by Crippen LogP contribution is -2.28. The molecule has 0 aliphatic rings. The van der Waals surface area contributed by atoms with Crippen molar-refractivity contribution in [3.05, 3.63) is 89.4 Å². The molecule has 0 spiro atoms. The van der Waals surface area contributed by atoms with Crippen LogP contribution in [0.15, 0.2) is 83.8 Å². The van der Waals surface area contributed by atoms with Crippen LogP contribution in [0.2, 0.25) is 5.02 Å². The maximum absolute atomic E-state index is 12.5. The maximum atomic E-state index is 12.5. The average Bonchev–Trinajstić information content (AvgIpc) is 2.69. The second-order valence-corrected chi connectivity index (χ2v) is 7.99. The first kappa shape index (κ1) is 19.7. The summed E-state index contributed by atoms with van der Waals surface area (Å²) in [7, 11) is -3.79. The van der Waals surface area contributed by atoms with Crippen LogP contribution < -0.4 is 15.4 Å². The van der Waals surface area contributed by atoms with Crippen molar-refractivity contribution in [1.29, 1.82) is 0 Å². The van der Waals surface area contributed by atoms with E-state index in [0.717, 1.165) is 5.56 Å². The van der Waals surface area contributed by atoms with Crippen LogP contribution in [0.25, 0.3) is 0 Å². The Labute approximate surface area is 168 Å². The number of rotatable bonds is 6. The van der Waals surface area contributed by atoms with E-state index in [1.807, 2.05) is 30.3 Å². The minimum Gasteiger partial charge on any atom is -0.334 e. The summed E-state index contributed by atoms with van der Waals surface area (Å²) in [5.41, 5.74) is 1.75. The molecule has 0 fully saturated rings. The minimum atomic E-state index is -3.79. The molecule has 0 unspecified atom stereocenters. The van der Waals surface area contributed by atoms with Gasteiger partial charge in [-0.3, -0.25) is 4.72 Å². The largest absolute Gasteiger partial charge is 0.334 e. The lowest BCUT2D eigenvalue weighted by atomic mass is 10.2. The average molecular weight is 416 g/mol. The van der Waals surface area contributed by atoms with E-state index >= 15 is 0 Å². The highest BCUT2D eigenvalue weighted by molar-refractivity contribution is 7.92. The fraction of sp³-hybridized carbons (Fsp3) is 0.0500. The van der Waals surface area contributed by atoms with E-state index in [4.69, 9.17) is 11.6 Å². The molecule has 144 valence electrons. The zero-order chi connectivity index (χ0) is 20.0. The van der Waals surface area contributed by atoms with Gasteiger partial charge >= 0.3 is 6.03 Å². The molecule has 3 rings (SSSR count). The molecule has 0 saturated heterocycles. The second-order valence-electron chi connectivity index (χ2n) is 5.90. The van der Waals surface area contributed by atoms with E-state index in [2.05, 4.69) is 15.4 Å². The number of para-hydroxylation sites is 1. The van der Waals surface area contributed by atoms with Crippen molar-refractivity contribution < 1.29 is 13.2 Å². The molecule has 6 nitrogen and oxygen atoms in total. The van der Waals surface area contributed by atoms with Crippen molar-refractivity contribution in [3.63, 3.8) is 0 Å². The molecule has 0 bridgehead atoms. The Morgan fingerprint density at radius 1 is 0.857 bits per heavy atom. The minimum absolute atomic E-state index is 0.0580. The molecule has 3 aromatic carbocycles. The van der Waals surface area contributed by atoms with Crippen LogP contribution >= 0.6 is 11.6 Å². The number of anilines is 2. The van der Waals surface area contributed by atoms with Crippen molar-refractivity contribution >= 4 is 39.0 Å². The van der Waals surface area contributed by atoms with Crippen molar-refractivity contribution in [2.24, 2.45) is 0 Å². The summed E-state index contributed by atoms with van der Waals surface area (Å²) in [6.07, 6.45) is 0. The quantitative estimate of drug-likeness (QED) is 0.555. The Bertz CT molecular complexity index is 1060. The van der Waals surface area contributed by atoms with Crippen molar-refractivity contribution in [2.45, 2.75) is 11.4 Å². The topological polar surface area (TPSA) is 87.3 Å². The molecule has 0 atom stereocenters. The van der Waals surface area contributed by atoms with E-state index in [0.29, 0.717) is 22.9 Å². The molecule has 3 N–H and O–H groups in total. The molecular weight excluding hydrogens is 398 g/mol. The number of hydrogen-bond donors (Lipinski definition) is 3. The number of urea groups is 1. The number of benzene rings is 3. The monoisotopic (exact) mass is 415 g/mol. The van der Waals surface area contributed by atoms with E-state index in [1.54, 1.807) is 24.3 Å². The predicted molar refractivity (Wildman–Crippen MR) is 111 cm³/mol. The molecule has 0 aromatic heterocycles. The predicted octanol–water partition coefficient (Wildman–Crippen LogP) is 4.46. The first-order valence-corrected chi connectivity index (χ1v) is 10.3. The van der Waals surface area contributed by atoms with Crippen LogP contribution in [-0.4, -0.2) is 14.4 Å². The first-order chi connectivity index (χ1) is 13.4. The Morgan fingerprint density at radius 2 is 1.50 bits per heavy atom. The van der Waals surface area contributed by atoms with E-state index in [9.17, 15) is 13.2 Å². The molecule has 0 radical (unpaired) electrons. The van der Waals surface area contributed by atoms with Crippen LogP contribution in [0.5, 0.6) is 0 Å². The number of sulfonamides is 1. The van der Waals surface area contributed by atoms with Gasteiger partial charge in [0, 0.05) is 12.2 Å². The van der Waals surface area contributed by atoms with Crippen LogP contribution in [0.3, 0.4) is 0 Å². The van der Waals surface area contributed by atoms with Crippen LogP contribution in [-0.2, 0) is 16.6 Å². The Morgan fingerprint density at radius 3 is 2.18 bits per heavy atom. The molecule has 0 heterocycles. The van der Waals surface area contributed by atoms with Crippen LogP contribution in [0.1, 0.15) is 5.56 Å². The van der Waals surface area contributed by atoms with Gasteiger partial charge in [0.15, 0.2) is 0 Å². The maximum Gasteiger partial charge on any atom is 0.319 e. The standard InChI is InChI=1S/C20H18ClN3O3S/c21-18-8-4-5-9-19(18)24-28(26,27)17-12-10-16(11-13-17)23-20(25)22-14-15-6-2-1-3-7-15/h1-13,24H,14H2,(H2,22,23,25). The van der Waals surface area contributed by atoms with Crippen LogP contribution in [0.4, 0.5) is 16.2 Å². The molecule has 28 heavy (non-hydrogen) atoms. The van der Waals surface area contributed by atoms with Crippen molar-refractivity contribution in [2.75, 3.05) is 10.0 Å². The number of carbonyl (C=O) groups excluding carboxylic acids is 1. The second kappa shape index (κ2) is 8.77. The zero-order valence-corrected chi connectivity index (χ0v) is 16.3. The molecular formula is C20H18ClN3O3S.